The highest BCUT2D eigenvalue weighted by Crippen LogP contribution is 2.26. The Morgan fingerprint density at radius 3 is 2.57 bits per heavy atom. The third kappa shape index (κ3) is 2.93. The predicted molar refractivity (Wildman–Crippen MR) is 93.2 cm³/mol. The van der Waals surface area contributed by atoms with Gasteiger partial charge in [0.2, 0.25) is 0 Å². The van der Waals surface area contributed by atoms with E-state index in [1.54, 1.807) is 6.20 Å². The third-order valence-electron chi connectivity index (χ3n) is 3.81. The van der Waals surface area contributed by atoms with Gasteiger partial charge in [0.1, 0.15) is 11.9 Å². The molecule has 0 aliphatic rings. The molecule has 0 aliphatic heterocycles. The molecule has 0 bridgehead atoms. The van der Waals surface area contributed by atoms with Crippen molar-refractivity contribution in [2.24, 2.45) is 0 Å². The van der Waals surface area contributed by atoms with Gasteiger partial charge in [-0.05, 0) is 37.1 Å². The summed E-state index contributed by atoms with van der Waals surface area (Å²) in [5.74, 6) is 0.778. The average molecular weight is 299 g/mol. The van der Waals surface area contributed by atoms with Crippen LogP contribution in [-0.4, -0.2) is 9.55 Å². The lowest BCUT2D eigenvalue weighted by Crippen LogP contribution is -1.94. The van der Waals surface area contributed by atoms with E-state index in [1.807, 2.05) is 67.2 Å². The molecule has 3 nitrogen and oxygen atoms in total. The van der Waals surface area contributed by atoms with Crippen molar-refractivity contribution >= 4 is 5.57 Å². The second-order valence-electron chi connectivity index (χ2n) is 5.65. The first-order valence-electron chi connectivity index (χ1n) is 7.40. The molecule has 1 aromatic carbocycles. The summed E-state index contributed by atoms with van der Waals surface area (Å²) in [4.78, 5) is 4.40. The van der Waals surface area contributed by atoms with Gasteiger partial charge < -0.3 is 4.57 Å². The molecule has 0 radical (unpaired) electrons. The van der Waals surface area contributed by atoms with Gasteiger partial charge in [0.05, 0.1) is 5.56 Å². The van der Waals surface area contributed by atoms with Crippen LogP contribution < -0.4 is 0 Å². The van der Waals surface area contributed by atoms with Crippen LogP contribution in [0, 0.1) is 18.3 Å². The van der Waals surface area contributed by atoms with Gasteiger partial charge in [-0.15, -0.1) is 0 Å². The fourth-order valence-electron chi connectivity index (χ4n) is 2.46. The van der Waals surface area contributed by atoms with E-state index in [2.05, 4.69) is 17.6 Å². The lowest BCUT2D eigenvalue weighted by atomic mass is 10.0. The van der Waals surface area contributed by atoms with Crippen LogP contribution in [0.1, 0.15) is 23.6 Å². The van der Waals surface area contributed by atoms with Crippen LogP contribution >= 0.6 is 0 Å². The van der Waals surface area contributed by atoms with E-state index < -0.39 is 0 Å². The first-order valence-corrected chi connectivity index (χ1v) is 7.40. The number of aryl methyl sites for hydroxylation is 1. The average Bonchev–Trinajstić information content (AvgIpc) is 3.00. The maximum Gasteiger partial charge on any atom is 0.137 e. The molecule has 0 saturated heterocycles. The summed E-state index contributed by atoms with van der Waals surface area (Å²) < 4.78 is 1.89. The highest BCUT2D eigenvalue weighted by atomic mass is 15.0. The van der Waals surface area contributed by atoms with Crippen molar-refractivity contribution in [2.45, 2.75) is 13.8 Å². The Balaban J connectivity index is 2.09. The normalized spacial score (nSPS) is 10.3. The minimum atomic E-state index is 0.636. The molecule has 2 heterocycles. The Morgan fingerprint density at radius 2 is 1.91 bits per heavy atom. The molecule has 0 fully saturated rings. The number of hydrogen-bond acceptors (Lipinski definition) is 2. The van der Waals surface area contributed by atoms with Crippen molar-refractivity contribution < 1.29 is 0 Å². The van der Waals surface area contributed by atoms with E-state index >= 15 is 0 Å². The van der Waals surface area contributed by atoms with Crippen molar-refractivity contribution in [2.75, 3.05) is 0 Å². The standard InChI is InChI=1S/C20H17N3/c1-14(2)17-8-9-22-20(10-17)23-12-18(11-21)19(13-23)16-6-4-15(3)5-7-16/h4-10,12-13H,1H2,2-3H3. The van der Waals surface area contributed by atoms with Crippen LogP contribution in [0.5, 0.6) is 0 Å². The van der Waals surface area contributed by atoms with E-state index in [-0.39, 0.29) is 0 Å². The topological polar surface area (TPSA) is 41.6 Å². The molecule has 0 saturated carbocycles. The number of rotatable bonds is 3. The molecule has 112 valence electrons. The fourth-order valence-corrected chi connectivity index (χ4v) is 2.46. The minimum Gasteiger partial charge on any atom is -0.307 e. The number of benzene rings is 1. The molecule has 23 heavy (non-hydrogen) atoms. The molecular formula is C20H17N3. The van der Waals surface area contributed by atoms with Gasteiger partial charge in [-0.2, -0.15) is 5.26 Å². The molecule has 0 spiro atoms. The molecule has 0 atom stereocenters. The second-order valence-corrected chi connectivity index (χ2v) is 5.65. The zero-order chi connectivity index (χ0) is 16.4. The Labute approximate surface area is 136 Å². The number of aromatic nitrogens is 2. The Kier molecular flexibility index (Phi) is 3.82. The quantitative estimate of drug-likeness (QED) is 0.700. The van der Waals surface area contributed by atoms with E-state index in [0.29, 0.717) is 5.56 Å². The van der Waals surface area contributed by atoms with Crippen molar-refractivity contribution in [3.05, 3.63) is 78.3 Å². The first kappa shape index (κ1) is 14.8. The maximum atomic E-state index is 9.44. The summed E-state index contributed by atoms with van der Waals surface area (Å²) in [5.41, 5.74) is 5.80. The Bertz CT molecular complexity index is 909. The minimum absolute atomic E-state index is 0.636. The van der Waals surface area contributed by atoms with Crippen LogP contribution in [0.25, 0.3) is 22.5 Å². The van der Waals surface area contributed by atoms with Gasteiger partial charge in [0, 0.05) is 24.2 Å². The number of pyridine rings is 1. The van der Waals surface area contributed by atoms with Crippen LogP contribution in [0.2, 0.25) is 0 Å². The van der Waals surface area contributed by atoms with E-state index in [9.17, 15) is 5.26 Å². The summed E-state index contributed by atoms with van der Waals surface area (Å²) in [6.45, 7) is 7.98. The van der Waals surface area contributed by atoms with Gasteiger partial charge in [-0.25, -0.2) is 4.98 Å². The number of hydrogen-bond donors (Lipinski definition) is 0. The summed E-state index contributed by atoms with van der Waals surface area (Å²) in [6, 6.07) is 14.3. The zero-order valence-electron chi connectivity index (χ0n) is 13.2. The van der Waals surface area contributed by atoms with Gasteiger partial charge in [0.15, 0.2) is 0 Å². The highest BCUT2D eigenvalue weighted by molar-refractivity contribution is 5.71. The van der Waals surface area contributed by atoms with E-state index in [0.717, 1.165) is 28.1 Å². The van der Waals surface area contributed by atoms with Crippen molar-refractivity contribution in [3.63, 3.8) is 0 Å². The smallest absolute Gasteiger partial charge is 0.137 e. The molecule has 2 aromatic heterocycles. The fraction of sp³-hybridized carbons (Fsp3) is 0.100. The van der Waals surface area contributed by atoms with Crippen molar-refractivity contribution in [1.29, 1.82) is 5.26 Å². The lowest BCUT2D eigenvalue weighted by molar-refractivity contribution is 1.01. The highest BCUT2D eigenvalue weighted by Gasteiger charge is 2.11. The lowest BCUT2D eigenvalue weighted by Gasteiger charge is -2.05. The predicted octanol–water partition coefficient (Wildman–Crippen LogP) is 4.75. The monoisotopic (exact) mass is 299 g/mol. The van der Waals surface area contributed by atoms with Gasteiger partial charge in [0.25, 0.3) is 0 Å². The summed E-state index contributed by atoms with van der Waals surface area (Å²) in [5, 5.41) is 9.44. The molecule has 0 amide bonds. The maximum absolute atomic E-state index is 9.44. The van der Waals surface area contributed by atoms with Crippen LogP contribution in [-0.2, 0) is 0 Å². The summed E-state index contributed by atoms with van der Waals surface area (Å²) >= 11 is 0. The van der Waals surface area contributed by atoms with Crippen molar-refractivity contribution in [1.82, 2.24) is 9.55 Å². The number of nitriles is 1. The molecule has 0 N–H and O–H groups in total. The summed E-state index contributed by atoms with van der Waals surface area (Å²) in [6.07, 6.45) is 5.53. The van der Waals surface area contributed by atoms with E-state index in [1.165, 1.54) is 5.56 Å². The number of nitrogens with zero attached hydrogens (tertiary/aromatic N) is 3. The Hall–Kier alpha value is -3.12. The molecule has 0 aliphatic carbocycles. The third-order valence-corrected chi connectivity index (χ3v) is 3.81. The summed E-state index contributed by atoms with van der Waals surface area (Å²) in [7, 11) is 0. The Morgan fingerprint density at radius 1 is 1.17 bits per heavy atom. The second kappa shape index (κ2) is 5.94. The van der Waals surface area contributed by atoms with Crippen LogP contribution in [0.15, 0.2) is 61.6 Å². The largest absolute Gasteiger partial charge is 0.307 e. The van der Waals surface area contributed by atoms with Gasteiger partial charge >= 0.3 is 0 Å². The molecule has 3 aromatic rings. The van der Waals surface area contributed by atoms with Crippen LogP contribution in [0.4, 0.5) is 0 Å². The van der Waals surface area contributed by atoms with E-state index in [4.69, 9.17) is 0 Å². The first-order chi connectivity index (χ1) is 11.1. The van der Waals surface area contributed by atoms with Gasteiger partial charge in [-0.1, -0.05) is 42.0 Å². The SMILES string of the molecule is C=C(C)c1ccnc(-n2cc(C#N)c(-c3ccc(C)cc3)c2)c1. The van der Waals surface area contributed by atoms with Gasteiger partial charge in [-0.3, -0.25) is 0 Å². The van der Waals surface area contributed by atoms with Crippen molar-refractivity contribution in [3.8, 4) is 23.0 Å². The van der Waals surface area contributed by atoms with Crippen LogP contribution in [0.3, 0.4) is 0 Å². The number of allylic oxidation sites excluding steroid dienone is 1. The molecule has 0 unspecified atom stereocenters. The zero-order valence-corrected chi connectivity index (χ0v) is 13.2. The molecular weight excluding hydrogens is 282 g/mol. The molecule has 3 heteroatoms. The molecule has 3 rings (SSSR count).